The molecule has 0 saturated heterocycles. The van der Waals surface area contributed by atoms with Gasteiger partial charge >= 0.3 is 0 Å². The molecule has 0 radical (unpaired) electrons. The maximum absolute atomic E-state index is 12.0. The summed E-state index contributed by atoms with van der Waals surface area (Å²) >= 11 is 1.76. The molecule has 1 rings (SSSR count). The van der Waals surface area contributed by atoms with Gasteiger partial charge in [0.05, 0.1) is 0 Å². The monoisotopic (exact) mass is 280 g/mol. The quantitative estimate of drug-likeness (QED) is 0.755. The lowest BCUT2D eigenvalue weighted by Gasteiger charge is -2.18. The summed E-state index contributed by atoms with van der Waals surface area (Å²) in [5, 5.41) is 3.10. The Morgan fingerprint density at radius 3 is 2.53 bits per heavy atom. The lowest BCUT2D eigenvalue weighted by Crippen LogP contribution is -2.36. The third-order valence-corrected chi connectivity index (χ3v) is 3.96. The van der Waals surface area contributed by atoms with Gasteiger partial charge in [0.2, 0.25) is 5.91 Å². The average molecular weight is 280 g/mol. The lowest BCUT2D eigenvalue weighted by atomic mass is 9.97. The Morgan fingerprint density at radius 1 is 1.37 bits per heavy atom. The standard InChI is InChI=1S/C15H24N2OS/c1-4-14(10-19-3)17-15(18)9-11(2)12-5-7-13(16)8-6-12/h5-8,11,14H,4,9-10,16H2,1-3H3,(H,17,18). The zero-order valence-electron chi connectivity index (χ0n) is 12.0. The van der Waals surface area contributed by atoms with E-state index >= 15 is 0 Å². The maximum atomic E-state index is 12.0. The van der Waals surface area contributed by atoms with Crippen molar-refractivity contribution in [3.63, 3.8) is 0 Å². The fourth-order valence-electron chi connectivity index (χ4n) is 1.97. The van der Waals surface area contributed by atoms with Crippen LogP contribution in [0.1, 0.15) is 38.2 Å². The minimum absolute atomic E-state index is 0.130. The van der Waals surface area contributed by atoms with Crippen molar-refractivity contribution in [3.8, 4) is 0 Å². The number of carbonyl (C=O) groups excluding carboxylic acids is 1. The fourth-order valence-corrected chi connectivity index (χ4v) is 2.69. The van der Waals surface area contributed by atoms with Crippen molar-refractivity contribution < 1.29 is 4.79 Å². The largest absolute Gasteiger partial charge is 0.399 e. The van der Waals surface area contributed by atoms with E-state index in [2.05, 4.69) is 25.4 Å². The minimum Gasteiger partial charge on any atom is -0.399 e. The zero-order chi connectivity index (χ0) is 14.3. The molecule has 1 aromatic rings. The predicted molar refractivity (Wildman–Crippen MR) is 84.5 cm³/mol. The van der Waals surface area contributed by atoms with Crippen molar-refractivity contribution in [1.29, 1.82) is 0 Å². The van der Waals surface area contributed by atoms with Gasteiger partial charge in [-0.3, -0.25) is 4.79 Å². The molecular formula is C15H24N2OS. The normalized spacial score (nSPS) is 13.8. The molecule has 1 aromatic carbocycles. The van der Waals surface area contributed by atoms with E-state index in [0.29, 0.717) is 6.42 Å². The van der Waals surface area contributed by atoms with Crippen LogP contribution in [0.15, 0.2) is 24.3 Å². The predicted octanol–water partition coefficient (Wildman–Crippen LogP) is 3.02. The molecule has 0 heterocycles. The summed E-state index contributed by atoms with van der Waals surface area (Å²) in [6, 6.07) is 8.03. The highest BCUT2D eigenvalue weighted by molar-refractivity contribution is 7.98. The molecule has 0 aliphatic carbocycles. The summed E-state index contributed by atoms with van der Waals surface area (Å²) in [7, 11) is 0. The van der Waals surface area contributed by atoms with E-state index in [9.17, 15) is 4.79 Å². The van der Waals surface area contributed by atoms with E-state index in [-0.39, 0.29) is 17.9 Å². The van der Waals surface area contributed by atoms with Gasteiger partial charge in [0.1, 0.15) is 0 Å². The highest BCUT2D eigenvalue weighted by atomic mass is 32.2. The minimum atomic E-state index is 0.130. The Balaban J connectivity index is 2.49. The lowest BCUT2D eigenvalue weighted by molar-refractivity contribution is -0.122. The van der Waals surface area contributed by atoms with Crippen molar-refractivity contribution in [3.05, 3.63) is 29.8 Å². The Labute approximate surface area is 120 Å². The van der Waals surface area contributed by atoms with Crippen molar-refractivity contribution in [2.24, 2.45) is 0 Å². The molecular weight excluding hydrogens is 256 g/mol. The number of amides is 1. The second-order valence-corrected chi connectivity index (χ2v) is 5.81. The smallest absolute Gasteiger partial charge is 0.220 e. The molecule has 0 aliphatic heterocycles. The molecule has 19 heavy (non-hydrogen) atoms. The van der Waals surface area contributed by atoms with E-state index in [0.717, 1.165) is 23.4 Å². The summed E-state index contributed by atoms with van der Waals surface area (Å²) < 4.78 is 0. The molecule has 0 fully saturated rings. The Kier molecular flexibility index (Phi) is 6.78. The van der Waals surface area contributed by atoms with E-state index in [1.807, 2.05) is 24.3 Å². The van der Waals surface area contributed by atoms with E-state index in [1.165, 1.54) is 0 Å². The molecule has 2 unspecified atom stereocenters. The zero-order valence-corrected chi connectivity index (χ0v) is 12.8. The van der Waals surface area contributed by atoms with E-state index in [1.54, 1.807) is 11.8 Å². The first-order chi connectivity index (χ1) is 9.06. The first-order valence-electron chi connectivity index (χ1n) is 6.70. The highest BCUT2D eigenvalue weighted by Gasteiger charge is 2.14. The number of hydrogen-bond donors (Lipinski definition) is 2. The molecule has 0 bridgehead atoms. The molecule has 2 atom stereocenters. The maximum Gasteiger partial charge on any atom is 0.220 e. The van der Waals surface area contributed by atoms with E-state index < -0.39 is 0 Å². The Morgan fingerprint density at radius 2 is 2.00 bits per heavy atom. The fraction of sp³-hybridized carbons (Fsp3) is 0.533. The number of thioether (sulfide) groups is 1. The number of nitrogen functional groups attached to an aromatic ring is 1. The number of benzene rings is 1. The van der Waals surface area contributed by atoms with Gasteiger partial charge < -0.3 is 11.1 Å². The molecule has 0 aromatic heterocycles. The first kappa shape index (κ1) is 15.9. The third-order valence-electron chi connectivity index (χ3n) is 3.22. The van der Waals surface area contributed by atoms with Crippen LogP contribution < -0.4 is 11.1 Å². The van der Waals surface area contributed by atoms with Crippen molar-refractivity contribution >= 4 is 23.4 Å². The van der Waals surface area contributed by atoms with Gasteiger partial charge in [0, 0.05) is 23.9 Å². The molecule has 0 spiro atoms. The van der Waals surface area contributed by atoms with Crippen LogP contribution in [-0.2, 0) is 4.79 Å². The summed E-state index contributed by atoms with van der Waals surface area (Å²) in [6.45, 7) is 4.17. The van der Waals surface area contributed by atoms with Crippen LogP contribution in [0, 0.1) is 0 Å². The van der Waals surface area contributed by atoms with Crippen molar-refractivity contribution in [1.82, 2.24) is 5.32 Å². The number of nitrogens with one attached hydrogen (secondary N) is 1. The third kappa shape index (κ3) is 5.55. The number of nitrogens with two attached hydrogens (primary N) is 1. The number of hydrogen-bond acceptors (Lipinski definition) is 3. The highest BCUT2D eigenvalue weighted by Crippen LogP contribution is 2.20. The summed E-state index contributed by atoms with van der Waals surface area (Å²) in [5.41, 5.74) is 7.57. The van der Waals surface area contributed by atoms with Crippen LogP contribution in [0.2, 0.25) is 0 Å². The van der Waals surface area contributed by atoms with E-state index in [4.69, 9.17) is 5.73 Å². The number of rotatable bonds is 7. The van der Waals surface area contributed by atoms with Gasteiger partial charge in [-0.2, -0.15) is 11.8 Å². The van der Waals surface area contributed by atoms with Crippen LogP contribution in [0.25, 0.3) is 0 Å². The summed E-state index contributed by atoms with van der Waals surface area (Å²) in [4.78, 5) is 12.0. The molecule has 1 amide bonds. The number of carbonyl (C=O) groups is 1. The first-order valence-corrected chi connectivity index (χ1v) is 8.10. The van der Waals surface area contributed by atoms with Crippen LogP contribution in [0.4, 0.5) is 5.69 Å². The molecule has 3 nitrogen and oxygen atoms in total. The molecule has 0 aliphatic rings. The van der Waals surface area contributed by atoms with Gasteiger partial charge in [0.25, 0.3) is 0 Å². The molecule has 4 heteroatoms. The SMILES string of the molecule is CCC(CSC)NC(=O)CC(C)c1ccc(N)cc1. The second kappa shape index (κ2) is 8.10. The summed E-state index contributed by atoms with van der Waals surface area (Å²) in [6.07, 6.45) is 3.56. The molecule has 106 valence electrons. The van der Waals surface area contributed by atoms with Gasteiger partial charge in [-0.05, 0) is 36.3 Å². The van der Waals surface area contributed by atoms with Gasteiger partial charge in [-0.15, -0.1) is 0 Å². The second-order valence-electron chi connectivity index (χ2n) is 4.90. The van der Waals surface area contributed by atoms with Gasteiger partial charge in [-0.25, -0.2) is 0 Å². The number of anilines is 1. The molecule has 0 saturated carbocycles. The summed E-state index contributed by atoms with van der Waals surface area (Å²) in [5.74, 6) is 1.32. The van der Waals surface area contributed by atoms with Crippen LogP contribution >= 0.6 is 11.8 Å². The average Bonchev–Trinajstić information content (AvgIpc) is 2.38. The van der Waals surface area contributed by atoms with Crippen LogP contribution in [0.5, 0.6) is 0 Å². The van der Waals surface area contributed by atoms with Crippen molar-refractivity contribution in [2.45, 2.75) is 38.6 Å². The molecule has 3 N–H and O–H groups in total. The van der Waals surface area contributed by atoms with Crippen LogP contribution in [-0.4, -0.2) is 24.0 Å². The Bertz CT molecular complexity index is 392. The van der Waals surface area contributed by atoms with Crippen molar-refractivity contribution in [2.75, 3.05) is 17.7 Å². The Hall–Kier alpha value is -1.16. The topological polar surface area (TPSA) is 55.1 Å². The van der Waals surface area contributed by atoms with Gasteiger partial charge in [0.15, 0.2) is 0 Å². The van der Waals surface area contributed by atoms with Crippen LogP contribution in [0.3, 0.4) is 0 Å². The van der Waals surface area contributed by atoms with Gasteiger partial charge in [-0.1, -0.05) is 26.0 Å².